The molecule has 0 spiro atoms. The third-order valence-electron chi connectivity index (χ3n) is 4.28. The number of carbonyl (C=O) groups excluding carboxylic acids is 2. The van der Waals surface area contributed by atoms with Crippen LogP contribution in [0.1, 0.15) is 36.9 Å². The predicted octanol–water partition coefficient (Wildman–Crippen LogP) is 3.53. The molecule has 27 heavy (non-hydrogen) atoms. The molecule has 0 unspecified atom stereocenters. The van der Waals surface area contributed by atoms with E-state index in [1.165, 1.54) is 22.7 Å². The molecule has 8 heteroatoms. The maximum Gasteiger partial charge on any atom is 0.258 e. The van der Waals surface area contributed by atoms with Crippen LogP contribution in [-0.4, -0.2) is 28.2 Å². The molecule has 1 aliphatic heterocycles. The Morgan fingerprint density at radius 3 is 2.70 bits per heavy atom. The largest absolute Gasteiger partial charge is 0.333 e. The minimum atomic E-state index is -0.173. The van der Waals surface area contributed by atoms with Crippen molar-refractivity contribution >= 4 is 39.6 Å². The quantitative estimate of drug-likeness (QED) is 0.736. The van der Waals surface area contributed by atoms with Crippen molar-refractivity contribution in [3.05, 3.63) is 68.4 Å². The number of thiazole rings is 1. The van der Waals surface area contributed by atoms with Gasteiger partial charge in [-0.15, -0.1) is 0 Å². The fourth-order valence-corrected chi connectivity index (χ4v) is 4.51. The highest BCUT2D eigenvalue weighted by Gasteiger charge is 2.25. The maximum absolute atomic E-state index is 12.7. The first-order valence-corrected chi connectivity index (χ1v) is 10.0. The van der Waals surface area contributed by atoms with Gasteiger partial charge >= 0.3 is 0 Å². The van der Waals surface area contributed by atoms with E-state index in [-0.39, 0.29) is 11.8 Å². The van der Waals surface area contributed by atoms with Crippen molar-refractivity contribution in [3.63, 3.8) is 0 Å². The van der Waals surface area contributed by atoms with Crippen molar-refractivity contribution in [2.24, 2.45) is 0 Å². The van der Waals surface area contributed by atoms with Gasteiger partial charge in [-0.05, 0) is 35.7 Å². The van der Waals surface area contributed by atoms with Crippen LogP contribution < -0.4 is 5.32 Å². The van der Waals surface area contributed by atoms with E-state index >= 15 is 0 Å². The second kappa shape index (κ2) is 7.31. The summed E-state index contributed by atoms with van der Waals surface area (Å²) in [5.74, 6) is -0.240. The number of hydrogen-bond acceptors (Lipinski definition) is 6. The Morgan fingerprint density at radius 1 is 1.19 bits per heavy atom. The van der Waals surface area contributed by atoms with Gasteiger partial charge in [-0.3, -0.25) is 14.9 Å². The number of fused-ring (bicyclic) bond motifs is 1. The first-order chi connectivity index (χ1) is 13.1. The lowest BCUT2D eigenvalue weighted by Crippen LogP contribution is -2.35. The molecule has 0 fully saturated rings. The molecule has 0 aliphatic carbocycles. The number of hydrogen-bond donors (Lipinski definition) is 1. The Kier molecular flexibility index (Phi) is 4.71. The van der Waals surface area contributed by atoms with Crippen LogP contribution in [0.2, 0.25) is 0 Å². The third kappa shape index (κ3) is 3.60. The zero-order chi connectivity index (χ0) is 18.8. The van der Waals surface area contributed by atoms with Gasteiger partial charge in [0.1, 0.15) is 0 Å². The Balaban J connectivity index is 1.46. The fourth-order valence-electron chi connectivity index (χ4n) is 2.86. The summed E-state index contributed by atoms with van der Waals surface area (Å²) >= 11 is 2.88. The Labute approximate surface area is 163 Å². The van der Waals surface area contributed by atoms with Crippen LogP contribution in [0.4, 0.5) is 5.13 Å². The minimum absolute atomic E-state index is 0.0672. The zero-order valence-corrected chi connectivity index (χ0v) is 15.8. The molecule has 4 rings (SSSR count). The Morgan fingerprint density at radius 2 is 2.00 bits per heavy atom. The summed E-state index contributed by atoms with van der Waals surface area (Å²) < 4.78 is 0. The smallest absolute Gasteiger partial charge is 0.258 e. The van der Waals surface area contributed by atoms with Crippen LogP contribution in [0.5, 0.6) is 0 Å². The summed E-state index contributed by atoms with van der Waals surface area (Å²) in [6, 6.07) is 10.5. The fraction of sp³-hybridized carbons (Fsp3) is 0.158. The topological polar surface area (TPSA) is 86.1 Å². The van der Waals surface area contributed by atoms with Crippen LogP contribution in [0.25, 0.3) is 0 Å². The molecule has 2 aromatic heterocycles. The molecule has 134 valence electrons. The van der Waals surface area contributed by atoms with E-state index in [1.807, 2.05) is 11.4 Å². The highest BCUT2D eigenvalue weighted by atomic mass is 32.1. The Hall–Kier alpha value is -3.02. The number of aromatic nitrogens is 1. The van der Waals surface area contributed by atoms with Gasteiger partial charge in [-0.2, -0.15) is 16.6 Å². The predicted molar refractivity (Wildman–Crippen MR) is 104 cm³/mol. The number of benzene rings is 1. The van der Waals surface area contributed by atoms with Gasteiger partial charge in [0.05, 0.1) is 29.4 Å². The number of amides is 2. The van der Waals surface area contributed by atoms with Crippen molar-refractivity contribution in [2.75, 3.05) is 11.9 Å². The van der Waals surface area contributed by atoms with Crippen molar-refractivity contribution in [1.29, 1.82) is 5.26 Å². The molecule has 0 atom stereocenters. The number of carbonyl (C=O) groups is 2. The second-order valence-electron chi connectivity index (χ2n) is 6.02. The molecule has 0 radical (unpaired) electrons. The molecule has 0 saturated carbocycles. The zero-order valence-electron chi connectivity index (χ0n) is 14.1. The molecule has 1 N–H and O–H groups in total. The number of nitrogens with one attached hydrogen (secondary N) is 1. The van der Waals surface area contributed by atoms with Crippen LogP contribution in [0.3, 0.4) is 0 Å². The molecular weight excluding hydrogens is 380 g/mol. The maximum atomic E-state index is 12.7. The van der Waals surface area contributed by atoms with Crippen LogP contribution in [0.15, 0.2) is 41.1 Å². The number of nitrogens with zero attached hydrogens (tertiary/aromatic N) is 3. The molecule has 3 heterocycles. The molecule has 2 amide bonds. The van der Waals surface area contributed by atoms with Gasteiger partial charge < -0.3 is 4.90 Å². The number of nitriles is 1. The van der Waals surface area contributed by atoms with E-state index in [4.69, 9.17) is 5.26 Å². The monoisotopic (exact) mass is 394 g/mol. The summed E-state index contributed by atoms with van der Waals surface area (Å²) in [7, 11) is 0. The lowest BCUT2D eigenvalue weighted by molar-refractivity contribution is 0.0736. The van der Waals surface area contributed by atoms with Crippen molar-refractivity contribution in [2.45, 2.75) is 13.0 Å². The van der Waals surface area contributed by atoms with Crippen molar-refractivity contribution in [1.82, 2.24) is 9.88 Å². The third-order valence-corrected chi connectivity index (χ3v) is 5.96. The van der Waals surface area contributed by atoms with Gasteiger partial charge in [0.15, 0.2) is 5.13 Å². The van der Waals surface area contributed by atoms with Gasteiger partial charge in [-0.25, -0.2) is 4.98 Å². The molecule has 1 aliphatic rings. The van der Waals surface area contributed by atoms with Crippen LogP contribution in [0, 0.1) is 11.3 Å². The minimum Gasteiger partial charge on any atom is -0.333 e. The van der Waals surface area contributed by atoms with Crippen LogP contribution >= 0.6 is 22.7 Å². The molecule has 0 bridgehead atoms. The van der Waals surface area contributed by atoms with E-state index < -0.39 is 0 Å². The van der Waals surface area contributed by atoms with Gasteiger partial charge in [0, 0.05) is 28.8 Å². The lowest BCUT2D eigenvalue weighted by Gasteiger charge is -2.26. The van der Waals surface area contributed by atoms with Gasteiger partial charge in [0.25, 0.3) is 11.8 Å². The normalized spacial score (nSPS) is 12.9. The highest BCUT2D eigenvalue weighted by molar-refractivity contribution is 7.16. The van der Waals surface area contributed by atoms with Crippen molar-refractivity contribution in [3.8, 4) is 6.07 Å². The van der Waals surface area contributed by atoms with Crippen molar-refractivity contribution < 1.29 is 9.59 Å². The number of anilines is 1. The van der Waals surface area contributed by atoms with E-state index in [0.29, 0.717) is 41.3 Å². The molecule has 0 saturated heterocycles. The molecular formula is C19H14N4O2S2. The standard InChI is InChI=1S/C19H14N4O2S2/c20-9-12-1-3-13(4-2-12)18(25)23-7-5-15-16(10-23)27-19(21-15)22-17(24)14-6-8-26-11-14/h1-4,6,8,11H,5,7,10H2,(H,21,22,24). The van der Waals surface area contributed by atoms with Gasteiger partial charge in [0.2, 0.25) is 0 Å². The Bertz CT molecular complexity index is 1030. The van der Waals surface area contributed by atoms with E-state index in [0.717, 1.165) is 10.6 Å². The van der Waals surface area contributed by atoms with E-state index in [9.17, 15) is 9.59 Å². The number of rotatable bonds is 3. The summed E-state index contributed by atoms with van der Waals surface area (Å²) in [6.07, 6.45) is 0.655. The van der Waals surface area contributed by atoms with Crippen LogP contribution in [-0.2, 0) is 13.0 Å². The molecule has 1 aromatic carbocycles. The van der Waals surface area contributed by atoms with E-state index in [2.05, 4.69) is 10.3 Å². The summed E-state index contributed by atoms with van der Waals surface area (Å²) in [5.41, 5.74) is 2.64. The summed E-state index contributed by atoms with van der Waals surface area (Å²) in [5, 5.41) is 15.9. The SMILES string of the molecule is N#Cc1ccc(C(=O)N2CCc3nc(NC(=O)c4ccsc4)sc3C2)cc1. The highest BCUT2D eigenvalue weighted by Crippen LogP contribution is 2.29. The summed E-state index contributed by atoms with van der Waals surface area (Å²) in [6.45, 7) is 1.05. The molecule has 3 aromatic rings. The number of thiophene rings is 1. The average Bonchev–Trinajstić information content (AvgIpc) is 3.36. The second-order valence-corrected chi connectivity index (χ2v) is 7.88. The first kappa shape index (κ1) is 17.4. The van der Waals surface area contributed by atoms with E-state index in [1.54, 1.807) is 40.6 Å². The molecule has 6 nitrogen and oxygen atoms in total. The first-order valence-electron chi connectivity index (χ1n) is 8.25. The summed E-state index contributed by atoms with van der Waals surface area (Å²) in [4.78, 5) is 32.1. The average molecular weight is 394 g/mol. The lowest BCUT2D eigenvalue weighted by atomic mass is 10.1. The van der Waals surface area contributed by atoms with Gasteiger partial charge in [-0.1, -0.05) is 11.3 Å².